The molecule has 2 heterocycles. The molecule has 176 valence electrons. The summed E-state index contributed by atoms with van der Waals surface area (Å²) < 4.78 is 0. The first kappa shape index (κ1) is 22.8. The van der Waals surface area contributed by atoms with E-state index in [9.17, 15) is 24.0 Å². The van der Waals surface area contributed by atoms with Crippen molar-refractivity contribution in [1.29, 1.82) is 0 Å². The monoisotopic (exact) mass is 464 g/mol. The molecule has 6 amide bonds. The Balaban J connectivity index is 1.30. The zero-order chi connectivity index (χ0) is 24.1. The number of nitrogens with one attached hydrogen (secondary N) is 4. The molecule has 0 spiro atoms. The van der Waals surface area contributed by atoms with Gasteiger partial charge in [-0.25, -0.2) is 4.79 Å². The summed E-state index contributed by atoms with van der Waals surface area (Å²) in [6.45, 7) is 1.80. The Labute approximate surface area is 195 Å². The molecule has 0 aromatic heterocycles. The fourth-order valence-corrected chi connectivity index (χ4v) is 3.67. The summed E-state index contributed by atoms with van der Waals surface area (Å²) >= 11 is 0. The topological polar surface area (TPSA) is 140 Å². The highest BCUT2D eigenvalue weighted by atomic mass is 16.2. The Morgan fingerprint density at radius 1 is 0.647 bits per heavy atom. The number of piperazine rings is 2. The third-order valence-corrected chi connectivity index (χ3v) is 5.43. The van der Waals surface area contributed by atoms with Crippen LogP contribution in [0.2, 0.25) is 0 Å². The Kier molecular flexibility index (Phi) is 6.72. The van der Waals surface area contributed by atoms with E-state index in [1.54, 1.807) is 48.5 Å². The Bertz CT molecular complexity index is 1030. The number of rotatable bonds is 4. The predicted molar refractivity (Wildman–Crippen MR) is 123 cm³/mol. The minimum absolute atomic E-state index is 0.0268. The third kappa shape index (κ3) is 5.49. The zero-order valence-electron chi connectivity index (χ0n) is 18.3. The van der Waals surface area contributed by atoms with E-state index in [0.29, 0.717) is 48.7 Å². The molecular weight excluding hydrogens is 440 g/mol. The Hall–Kier alpha value is -4.41. The van der Waals surface area contributed by atoms with Gasteiger partial charge >= 0.3 is 6.03 Å². The number of hydrogen-bond donors (Lipinski definition) is 4. The largest absolute Gasteiger partial charge is 0.353 e. The fraction of sp³-hybridized carbons (Fsp3) is 0.261. The molecule has 2 aliphatic heterocycles. The summed E-state index contributed by atoms with van der Waals surface area (Å²) in [5.74, 6) is -0.868. The molecule has 4 N–H and O–H groups in total. The lowest BCUT2D eigenvalue weighted by molar-refractivity contribution is -0.124. The van der Waals surface area contributed by atoms with Crippen molar-refractivity contribution in [2.45, 2.75) is 0 Å². The normalized spacial score (nSPS) is 15.8. The Morgan fingerprint density at radius 2 is 1.03 bits per heavy atom. The summed E-state index contributed by atoms with van der Waals surface area (Å²) in [6.07, 6.45) is 0. The van der Waals surface area contributed by atoms with Crippen molar-refractivity contribution in [2.75, 3.05) is 49.9 Å². The second kappa shape index (κ2) is 10.0. The van der Waals surface area contributed by atoms with Gasteiger partial charge in [0.2, 0.25) is 11.8 Å². The van der Waals surface area contributed by atoms with Crippen molar-refractivity contribution >= 4 is 41.0 Å². The standard InChI is InChI=1S/C23H24N6O5/c30-19-13-28(11-9-24-19)21(32)15-1-5-17(6-2-15)26-23(34)27-18-7-3-16(4-8-18)22(33)29-12-10-25-20(31)14-29/h1-8H,9-14H2,(H,24,30)(H,25,31)(H2,26,27,34). The van der Waals surface area contributed by atoms with Gasteiger partial charge in [-0.1, -0.05) is 0 Å². The maximum Gasteiger partial charge on any atom is 0.323 e. The van der Waals surface area contributed by atoms with E-state index in [2.05, 4.69) is 21.3 Å². The molecule has 0 saturated carbocycles. The van der Waals surface area contributed by atoms with Crippen LogP contribution in [0.15, 0.2) is 48.5 Å². The van der Waals surface area contributed by atoms with Crippen LogP contribution in [-0.4, -0.2) is 78.7 Å². The van der Waals surface area contributed by atoms with E-state index in [0.717, 1.165) is 0 Å². The maximum atomic E-state index is 12.5. The summed E-state index contributed by atoms with van der Waals surface area (Å²) in [5.41, 5.74) is 1.82. The van der Waals surface area contributed by atoms with Crippen LogP contribution in [0.25, 0.3) is 0 Å². The zero-order valence-corrected chi connectivity index (χ0v) is 18.3. The van der Waals surface area contributed by atoms with Crippen LogP contribution in [0.5, 0.6) is 0 Å². The van der Waals surface area contributed by atoms with E-state index in [-0.39, 0.29) is 36.7 Å². The van der Waals surface area contributed by atoms with E-state index < -0.39 is 6.03 Å². The summed E-state index contributed by atoms with van der Waals surface area (Å²) in [7, 11) is 0. The SMILES string of the molecule is O=C1CN(C(=O)c2ccc(NC(=O)Nc3ccc(C(=O)N4CCNC(=O)C4)cc3)cc2)CCN1. The minimum Gasteiger partial charge on any atom is -0.353 e. The molecular formula is C23H24N6O5. The van der Waals surface area contributed by atoms with E-state index in [1.807, 2.05) is 0 Å². The van der Waals surface area contributed by atoms with Gasteiger partial charge < -0.3 is 31.1 Å². The first-order chi connectivity index (χ1) is 16.4. The summed E-state index contributed by atoms with van der Waals surface area (Å²) in [5, 5.41) is 10.7. The van der Waals surface area contributed by atoms with E-state index in [1.165, 1.54) is 9.80 Å². The van der Waals surface area contributed by atoms with Crippen molar-refractivity contribution in [1.82, 2.24) is 20.4 Å². The quantitative estimate of drug-likeness (QED) is 0.521. The van der Waals surface area contributed by atoms with E-state index in [4.69, 9.17) is 0 Å². The number of urea groups is 1. The minimum atomic E-state index is -0.487. The molecule has 11 nitrogen and oxygen atoms in total. The molecule has 0 radical (unpaired) electrons. The average molecular weight is 464 g/mol. The number of anilines is 2. The number of benzene rings is 2. The first-order valence-corrected chi connectivity index (χ1v) is 10.8. The number of carbonyl (C=O) groups excluding carboxylic acids is 5. The molecule has 2 fully saturated rings. The average Bonchev–Trinajstić information content (AvgIpc) is 2.84. The van der Waals surface area contributed by atoms with Crippen LogP contribution in [0.4, 0.5) is 16.2 Å². The van der Waals surface area contributed by atoms with Gasteiger partial charge in [0.1, 0.15) is 0 Å². The number of nitrogens with zero attached hydrogens (tertiary/aromatic N) is 2. The highest BCUT2D eigenvalue weighted by Crippen LogP contribution is 2.15. The lowest BCUT2D eigenvalue weighted by Gasteiger charge is -2.26. The molecule has 0 unspecified atom stereocenters. The van der Waals surface area contributed by atoms with Gasteiger partial charge in [0.15, 0.2) is 0 Å². The highest BCUT2D eigenvalue weighted by molar-refractivity contribution is 6.02. The molecule has 2 saturated heterocycles. The van der Waals surface area contributed by atoms with Gasteiger partial charge in [-0.05, 0) is 48.5 Å². The van der Waals surface area contributed by atoms with Crippen molar-refractivity contribution in [3.05, 3.63) is 59.7 Å². The Morgan fingerprint density at radius 3 is 1.38 bits per heavy atom. The van der Waals surface area contributed by atoms with Crippen LogP contribution >= 0.6 is 0 Å². The van der Waals surface area contributed by atoms with Crippen LogP contribution < -0.4 is 21.3 Å². The smallest absolute Gasteiger partial charge is 0.323 e. The molecule has 34 heavy (non-hydrogen) atoms. The molecule has 4 rings (SSSR count). The number of amides is 6. The first-order valence-electron chi connectivity index (χ1n) is 10.8. The van der Waals surface area contributed by atoms with Crippen LogP contribution in [0, 0.1) is 0 Å². The lowest BCUT2D eigenvalue weighted by Crippen LogP contribution is -2.49. The van der Waals surface area contributed by atoms with Crippen LogP contribution in [0.3, 0.4) is 0 Å². The van der Waals surface area contributed by atoms with Crippen LogP contribution in [-0.2, 0) is 9.59 Å². The predicted octanol–water partition coefficient (Wildman–Crippen LogP) is 0.475. The van der Waals surface area contributed by atoms with Gasteiger partial charge in [-0.2, -0.15) is 0 Å². The lowest BCUT2D eigenvalue weighted by atomic mass is 10.1. The number of carbonyl (C=O) groups is 5. The van der Waals surface area contributed by atoms with Gasteiger partial charge in [0.05, 0.1) is 13.1 Å². The van der Waals surface area contributed by atoms with Crippen molar-refractivity contribution in [3.8, 4) is 0 Å². The molecule has 11 heteroatoms. The molecule has 0 aliphatic carbocycles. The van der Waals surface area contributed by atoms with Crippen molar-refractivity contribution in [3.63, 3.8) is 0 Å². The van der Waals surface area contributed by atoms with Gasteiger partial charge in [0.25, 0.3) is 11.8 Å². The molecule has 2 aromatic carbocycles. The summed E-state index contributed by atoms with van der Waals surface area (Å²) in [6, 6.07) is 12.3. The fourth-order valence-electron chi connectivity index (χ4n) is 3.67. The maximum absolute atomic E-state index is 12.5. The number of hydrogen-bond acceptors (Lipinski definition) is 5. The molecule has 2 aliphatic rings. The summed E-state index contributed by atoms with van der Waals surface area (Å²) in [4.78, 5) is 63.3. The van der Waals surface area contributed by atoms with Gasteiger partial charge in [-0.3, -0.25) is 19.2 Å². The molecule has 0 bridgehead atoms. The van der Waals surface area contributed by atoms with E-state index >= 15 is 0 Å². The second-order valence-corrected chi connectivity index (χ2v) is 7.89. The van der Waals surface area contributed by atoms with Gasteiger partial charge in [0, 0.05) is 48.7 Å². The molecule has 2 aromatic rings. The molecule has 0 atom stereocenters. The van der Waals surface area contributed by atoms with Crippen molar-refractivity contribution in [2.24, 2.45) is 0 Å². The van der Waals surface area contributed by atoms with Crippen molar-refractivity contribution < 1.29 is 24.0 Å². The second-order valence-electron chi connectivity index (χ2n) is 7.89. The highest BCUT2D eigenvalue weighted by Gasteiger charge is 2.23. The third-order valence-electron chi connectivity index (χ3n) is 5.43. The van der Waals surface area contributed by atoms with Gasteiger partial charge in [-0.15, -0.1) is 0 Å². The van der Waals surface area contributed by atoms with Crippen LogP contribution in [0.1, 0.15) is 20.7 Å².